The summed E-state index contributed by atoms with van der Waals surface area (Å²) < 4.78 is 5.46. The van der Waals surface area contributed by atoms with Gasteiger partial charge in [-0.25, -0.2) is 0 Å². The second-order valence-corrected chi connectivity index (χ2v) is 21.4. The van der Waals surface area contributed by atoms with Crippen molar-refractivity contribution in [2.75, 3.05) is 13.2 Å². The van der Waals surface area contributed by atoms with Crippen LogP contribution in [0.1, 0.15) is 348 Å². The number of aliphatic hydroxyl groups excluding tert-OH is 2. The van der Waals surface area contributed by atoms with E-state index in [2.05, 4.69) is 31.3 Å². The molecule has 2 atom stereocenters. The summed E-state index contributed by atoms with van der Waals surface area (Å²) in [6.07, 6.45) is 69.3. The van der Waals surface area contributed by atoms with Gasteiger partial charge in [0.1, 0.15) is 0 Å². The molecule has 0 aromatic heterocycles. The predicted octanol–water partition coefficient (Wildman–Crippen LogP) is 19.2. The lowest BCUT2D eigenvalue weighted by Gasteiger charge is -2.22. The molecule has 0 heterocycles. The number of rotatable bonds is 58. The van der Waals surface area contributed by atoms with E-state index in [0.717, 1.165) is 70.6 Å². The first kappa shape index (κ1) is 66.6. The van der Waals surface area contributed by atoms with Gasteiger partial charge in [-0.15, -0.1) is 0 Å². The van der Waals surface area contributed by atoms with Crippen molar-refractivity contribution in [2.45, 2.75) is 360 Å². The highest BCUT2D eigenvalue weighted by molar-refractivity contribution is 5.76. The maximum Gasteiger partial charge on any atom is 0.305 e. The molecule has 0 aliphatic carbocycles. The van der Waals surface area contributed by atoms with Gasteiger partial charge in [-0.2, -0.15) is 0 Å². The summed E-state index contributed by atoms with van der Waals surface area (Å²) in [6, 6.07) is -0.562. The zero-order chi connectivity index (χ0) is 49.3. The van der Waals surface area contributed by atoms with Crippen molar-refractivity contribution in [3.8, 4) is 0 Å². The monoisotopic (exact) mass is 960 g/mol. The Hall–Kier alpha value is -1.40. The SMILES string of the molecule is CCCCCCCCCCCCCCCCCCCCCCCCCCCC(O)C(CO)NC(=O)CCCCC/C=C\CCCCCCCCOC(=O)CCCCCCCCCCCCCCC. The predicted molar refractivity (Wildman–Crippen MR) is 297 cm³/mol. The van der Waals surface area contributed by atoms with E-state index < -0.39 is 12.1 Å². The van der Waals surface area contributed by atoms with Crippen LogP contribution in [0.4, 0.5) is 0 Å². The third-order valence-electron chi connectivity index (χ3n) is 14.6. The minimum absolute atomic E-state index is 0.00979. The maximum atomic E-state index is 12.5. The lowest BCUT2D eigenvalue weighted by atomic mass is 10.0. The molecule has 0 bridgehead atoms. The third kappa shape index (κ3) is 53.9. The third-order valence-corrected chi connectivity index (χ3v) is 14.6. The largest absolute Gasteiger partial charge is 0.466 e. The summed E-state index contributed by atoms with van der Waals surface area (Å²) in [6.45, 7) is 4.94. The van der Waals surface area contributed by atoms with E-state index in [4.69, 9.17) is 4.74 Å². The number of unbranched alkanes of at least 4 members (excludes halogenated alkanes) is 45. The Kier molecular flexibility index (Phi) is 57.0. The normalized spacial score (nSPS) is 12.6. The summed E-state index contributed by atoms with van der Waals surface area (Å²) in [5.41, 5.74) is 0. The number of amides is 1. The summed E-state index contributed by atoms with van der Waals surface area (Å²) in [5.74, 6) is -0.0703. The first-order valence-corrected chi connectivity index (χ1v) is 30.9. The number of carbonyl (C=O) groups excluding carboxylic acids is 2. The molecule has 2 unspecified atom stereocenters. The number of nitrogens with one attached hydrogen (secondary N) is 1. The average Bonchev–Trinajstić information content (AvgIpc) is 3.34. The van der Waals surface area contributed by atoms with E-state index in [0.29, 0.717) is 25.9 Å². The van der Waals surface area contributed by atoms with Crippen molar-refractivity contribution >= 4 is 11.9 Å². The van der Waals surface area contributed by atoms with Crippen LogP contribution < -0.4 is 5.32 Å². The smallest absolute Gasteiger partial charge is 0.305 e. The average molecular weight is 961 g/mol. The van der Waals surface area contributed by atoms with Gasteiger partial charge in [0, 0.05) is 12.8 Å². The minimum atomic E-state index is -0.682. The fourth-order valence-corrected chi connectivity index (χ4v) is 9.81. The van der Waals surface area contributed by atoms with Crippen LogP contribution in [-0.2, 0) is 14.3 Å². The molecule has 0 aromatic rings. The molecular weight excluding hydrogens is 839 g/mol. The number of hydrogen-bond donors (Lipinski definition) is 3. The number of hydrogen-bond acceptors (Lipinski definition) is 5. The summed E-state index contributed by atoms with van der Waals surface area (Å²) in [7, 11) is 0. The zero-order valence-corrected chi connectivity index (χ0v) is 46.1. The second kappa shape index (κ2) is 58.2. The Morgan fingerprint density at radius 3 is 1.06 bits per heavy atom. The van der Waals surface area contributed by atoms with E-state index in [9.17, 15) is 19.8 Å². The number of aliphatic hydroxyl groups is 2. The van der Waals surface area contributed by atoms with Crippen LogP contribution in [0.5, 0.6) is 0 Å². The molecule has 0 saturated carbocycles. The first-order chi connectivity index (χ1) is 33.5. The summed E-state index contributed by atoms with van der Waals surface area (Å²) in [4.78, 5) is 24.5. The van der Waals surface area contributed by atoms with Crippen LogP contribution >= 0.6 is 0 Å². The van der Waals surface area contributed by atoms with Crippen LogP contribution in [-0.4, -0.2) is 47.4 Å². The number of esters is 1. The van der Waals surface area contributed by atoms with Crippen molar-refractivity contribution in [3.63, 3.8) is 0 Å². The van der Waals surface area contributed by atoms with Gasteiger partial charge >= 0.3 is 5.97 Å². The van der Waals surface area contributed by atoms with E-state index >= 15 is 0 Å². The summed E-state index contributed by atoms with van der Waals surface area (Å²) >= 11 is 0. The highest BCUT2D eigenvalue weighted by Crippen LogP contribution is 2.18. The fraction of sp³-hybridized carbons (Fsp3) is 0.935. The lowest BCUT2D eigenvalue weighted by Crippen LogP contribution is -2.45. The topological polar surface area (TPSA) is 95.9 Å². The van der Waals surface area contributed by atoms with Crippen molar-refractivity contribution in [1.29, 1.82) is 0 Å². The van der Waals surface area contributed by atoms with E-state index in [1.165, 1.54) is 244 Å². The second-order valence-electron chi connectivity index (χ2n) is 21.4. The molecule has 0 saturated heterocycles. The minimum Gasteiger partial charge on any atom is -0.466 e. The van der Waals surface area contributed by atoms with Crippen molar-refractivity contribution in [2.24, 2.45) is 0 Å². The first-order valence-electron chi connectivity index (χ1n) is 30.9. The van der Waals surface area contributed by atoms with Gasteiger partial charge in [-0.05, 0) is 51.4 Å². The van der Waals surface area contributed by atoms with Crippen molar-refractivity contribution in [3.05, 3.63) is 12.2 Å². The Bertz CT molecular complexity index is 1020. The molecule has 404 valence electrons. The zero-order valence-electron chi connectivity index (χ0n) is 46.1. The fourth-order valence-electron chi connectivity index (χ4n) is 9.81. The highest BCUT2D eigenvalue weighted by atomic mass is 16.5. The molecule has 0 aliphatic heterocycles. The van der Waals surface area contributed by atoms with Gasteiger partial charge in [-0.3, -0.25) is 9.59 Å². The molecule has 0 aromatic carbocycles. The standard InChI is InChI=1S/C62H121NO5/c1-3-5-7-9-11-13-15-17-18-19-20-21-22-23-24-25-26-27-28-31-34-38-42-46-50-54-60(65)59(58-64)63-61(66)55-51-47-43-39-35-32-29-33-37-41-45-49-53-57-68-62(67)56-52-48-44-40-36-30-16-14-12-10-8-6-4-2/h32,35,59-60,64-65H,3-31,33-34,36-58H2,1-2H3,(H,63,66)/b35-32-. The van der Waals surface area contributed by atoms with Gasteiger partial charge in [-0.1, -0.05) is 296 Å². The molecule has 0 radical (unpaired) electrons. The molecule has 0 spiro atoms. The van der Waals surface area contributed by atoms with Gasteiger partial charge in [0.2, 0.25) is 5.91 Å². The maximum absolute atomic E-state index is 12.5. The molecular formula is C62H121NO5. The van der Waals surface area contributed by atoms with E-state index in [-0.39, 0.29) is 18.5 Å². The molecule has 3 N–H and O–H groups in total. The molecule has 6 nitrogen and oxygen atoms in total. The molecule has 0 aliphatic rings. The van der Waals surface area contributed by atoms with E-state index in [1.807, 2.05) is 0 Å². The summed E-state index contributed by atoms with van der Waals surface area (Å²) in [5, 5.41) is 23.4. The van der Waals surface area contributed by atoms with Gasteiger partial charge in [0.15, 0.2) is 0 Å². The van der Waals surface area contributed by atoms with Crippen LogP contribution in [0.15, 0.2) is 12.2 Å². The van der Waals surface area contributed by atoms with Crippen molar-refractivity contribution < 1.29 is 24.5 Å². The van der Waals surface area contributed by atoms with Crippen LogP contribution in [0.2, 0.25) is 0 Å². The van der Waals surface area contributed by atoms with E-state index in [1.54, 1.807) is 0 Å². The lowest BCUT2D eigenvalue weighted by molar-refractivity contribution is -0.143. The van der Waals surface area contributed by atoms with Gasteiger partial charge < -0.3 is 20.3 Å². The Balaban J connectivity index is 3.46. The van der Waals surface area contributed by atoms with Gasteiger partial charge in [0.25, 0.3) is 0 Å². The van der Waals surface area contributed by atoms with Crippen LogP contribution in [0, 0.1) is 0 Å². The molecule has 6 heteroatoms. The molecule has 1 amide bonds. The van der Waals surface area contributed by atoms with Crippen LogP contribution in [0.25, 0.3) is 0 Å². The molecule has 68 heavy (non-hydrogen) atoms. The quantitative estimate of drug-likeness (QED) is 0.0321. The number of carbonyl (C=O) groups is 2. The van der Waals surface area contributed by atoms with Gasteiger partial charge in [0.05, 0.1) is 25.4 Å². The number of ether oxygens (including phenoxy) is 1. The Labute approximate surface area is 425 Å². The van der Waals surface area contributed by atoms with Crippen LogP contribution in [0.3, 0.4) is 0 Å². The molecule has 0 rings (SSSR count). The Morgan fingerprint density at radius 1 is 0.397 bits per heavy atom. The highest BCUT2D eigenvalue weighted by Gasteiger charge is 2.20. The molecule has 0 fully saturated rings. The van der Waals surface area contributed by atoms with Crippen molar-refractivity contribution in [1.82, 2.24) is 5.32 Å². The Morgan fingerprint density at radius 2 is 0.691 bits per heavy atom. The number of allylic oxidation sites excluding steroid dienone is 2.